The first-order chi connectivity index (χ1) is 17.5. The highest BCUT2D eigenvalue weighted by Crippen LogP contribution is 2.40. The van der Waals surface area contributed by atoms with E-state index < -0.39 is 57.3 Å². The first-order valence-corrected chi connectivity index (χ1v) is 13.8. The molecule has 1 saturated heterocycles. The number of halogens is 6. The third-order valence-corrected chi connectivity index (χ3v) is 7.37. The maximum Gasteiger partial charge on any atom is 0.416 e. The van der Waals surface area contributed by atoms with Crippen LogP contribution in [0.5, 0.6) is 0 Å². The Balaban J connectivity index is 1.93. The van der Waals surface area contributed by atoms with Crippen molar-refractivity contribution in [3.8, 4) is 0 Å². The summed E-state index contributed by atoms with van der Waals surface area (Å²) in [6.07, 6.45) is -8.13. The minimum atomic E-state index is -5.01. The molecule has 2 unspecified atom stereocenters. The minimum Gasteiger partial charge on any atom is -0.307 e. The average molecular weight is 566 g/mol. The van der Waals surface area contributed by atoms with E-state index in [1.807, 2.05) is 31.2 Å². The largest absolute Gasteiger partial charge is 0.416 e. The first-order valence-electron chi connectivity index (χ1n) is 11.9. The molecule has 2 atom stereocenters. The number of alkyl halides is 6. The van der Waals surface area contributed by atoms with Crippen LogP contribution in [0, 0.1) is 6.92 Å². The third-order valence-electron chi connectivity index (χ3n) is 6.77. The lowest BCUT2D eigenvalue weighted by atomic mass is 9.70. The normalized spacial score (nSPS) is 21.2. The molecule has 12 heteroatoms. The molecule has 0 aliphatic carbocycles. The summed E-state index contributed by atoms with van der Waals surface area (Å²) in [6.45, 7) is 2.15. The topological polar surface area (TPSA) is 72.5 Å². The molecule has 1 aliphatic rings. The van der Waals surface area contributed by atoms with E-state index in [9.17, 15) is 39.6 Å². The Hall–Kier alpha value is -2.44. The second kappa shape index (κ2) is 11.4. The van der Waals surface area contributed by atoms with E-state index in [2.05, 4.69) is 5.32 Å². The van der Waals surface area contributed by atoms with Gasteiger partial charge in [-0.2, -0.15) is 34.8 Å². The van der Waals surface area contributed by atoms with E-state index in [0.29, 0.717) is 31.5 Å². The maximum absolute atomic E-state index is 13.3. The summed E-state index contributed by atoms with van der Waals surface area (Å²) in [5.74, 6) is -0.556. The van der Waals surface area contributed by atoms with E-state index in [0.717, 1.165) is 17.4 Å². The van der Waals surface area contributed by atoms with Crippen LogP contribution in [0.25, 0.3) is 0 Å². The fraction of sp³-hybridized carbons (Fsp3) is 0.500. The van der Waals surface area contributed by atoms with Crippen molar-refractivity contribution in [3.05, 3.63) is 70.3 Å². The van der Waals surface area contributed by atoms with Crippen molar-refractivity contribution in [3.63, 3.8) is 0 Å². The van der Waals surface area contributed by atoms with Crippen LogP contribution >= 0.6 is 0 Å². The summed E-state index contributed by atoms with van der Waals surface area (Å²) in [4.78, 5) is 13.3. The van der Waals surface area contributed by atoms with Gasteiger partial charge in [0.1, 0.15) is 0 Å². The van der Waals surface area contributed by atoms with Crippen molar-refractivity contribution in [2.45, 2.75) is 62.8 Å². The van der Waals surface area contributed by atoms with Gasteiger partial charge in [-0.05, 0) is 73.9 Å². The van der Waals surface area contributed by atoms with Crippen molar-refractivity contribution < 1.29 is 43.7 Å². The zero-order valence-corrected chi connectivity index (χ0v) is 21.7. The predicted molar refractivity (Wildman–Crippen MR) is 129 cm³/mol. The molecule has 1 aliphatic heterocycles. The van der Waals surface area contributed by atoms with Gasteiger partial charge in [0.05, 0.1) is 30.0 Å². The van der Waals surface area contributed by atoms with Gasteiger partial charge in [0.15, 0.2) is 5.78 Å². The van der Waals surface area contributed by atoms with Gasteiger partial charge in [0.25, 0.3) is 10.1 Å². The van der Waals surface area contributed by atoms with Crippen molar-refractivity contribution in [1.29, 1.82) is 0 Å². The van der Waals surface area contributed by atoms with Gasteiger partial charge in [-0.1, -0.05) is 29.8 Å². The smallest absolute Gasteiger partial charge is 0.307 e. The summed E-state index contributed by atoms with van der Waals surface area (Å²) < 4.78 is 108. The Morgan fingerprint density at radius 2 is 1.61 bits per heavy atom. The van der Waals surface area contributed by atoms with E-state index in [1.165, 1.54) is 0 Å². The molecule has 0 amide bonds. The molecule has 2 aromatic rings. The van der Waals surface area contributed by atoms with Crippen LogP contribution in [-0.4, -0.2) is 39.7 Å². The lowest BCUT2D eigenvalue weighted by Gasteiger charge is -2.35. The van der Waals surface area contributed by atoms with E-state index >= 15 is 0 Å². The number of carbonyl (C=O) groups excluding carboxylic acids is 1. The second-order valence-electron chi connectivity index (χ2n) is 9.79. The fourth-order valence-electron chi connectivity index (χ4n) is 4.87. The van der Waals surface area contributed by atoms with Crippen LogP contribution in [-0.2, 0) is 43.3 Å². The molecule has 5 nitrogen and oxygen atoms in total. The maximum atomic E-state index is 13.3. The fourth-order valence-corrected chi connectivity index (χ4v) is 5.26. The van der Waals surface area contributed by atoms with Crippen molar-refractivity contribution in [1.82, 2.24) is 5.32 Å². The van der Waals surface area contributed by atoms with Crippen LogP contribution in [0.15, 0.2) is 42.5 Å². The van der Waals surface area contributed by atoms with Crippen LogP contribution in [0.2, 0.25) is 0 Å². The van der Waals surface area contributed by atoms with Gasteiger partial charge >= 0.3 is 12.4 Å². The van der Waals surface area contributed by atoms with Gasteiger partial charge in [-0.25, -0.2) is 0 Å². The number of hydrogen-bond donors (Lipinski definition) is 1. The molecular weight excluding hydrogens is 536 g/mol. The van der Waals surface area contributed by atoms with Crippen LogP contribution < -0.4 is 5.32 Å². The quantitative estimate of drug-likeness (QED) is 0.334. The molecule has 0 bridgehead atoms. The number of nitrogens with one attached hydrogen (secondary N) is 1. The summed E-state index contributed by atoms with van der Waals surface area (Å²) in [7, 11) is -3.72. The van der Waals surface area contributed by atoms with Crippen molar-refractivity contribution in [2.75, 3.05) is 19.4 Å². The molecular formula is C26H29F6NO4S. The molecule has 210 valence electrons. The van der Waals surface area contributed by atoms with E-state index in [4.69, 9.17) is 4.18 Å². The highest BCUT2D eigenvalue weighted by Gasteiger charge is 2.40. The number of hydrogen-bond acceptors (Lipinski definition) is 5. The van der Waals surface area contributed by atoms with Gasteiger partial charge in [-0.3, -0.25) is 8.98 Å². The molecule has 3 rings (SSSR count). The second-order valence-corrected chi connectivity index (χ2v) is 11.4. The van der Waals surface area contributed by atoms with Gasteiger partial charge < -0.3 is 5.32 Å². The first kappa shape index (κ1) is 30.1. The van der Waals surface area contributed by atoms with E-state index in [1.54, 1.807) is 0 Å². The Morgan fingerprint density at radius 1 is 1.03 bits per heavy atom. The molecule has 0 spiro atoms. The summed E-state index contributed by atoms with van der Waals surface area (Å²) in [5.41, 5.74) is -2.20. The van der Waals surface area contributed by atoms with E-state index in [-0.39, 0.29) is 31.1 Å². The zero-order chi connectivity index (χ0) is 28.4. The van der Waals surface area contributed by atoms with Gasteiger partial charge in [-0.15, -0.1) is 0 Å². The number of ketones is 1. The monoisotopic (exact) mass is 565 g/mol. The van der Waals surface area contributed by atoms with Crippen molar-refractivity contribution >= 4 is 15.9 Å². The SMILES string of the molecule is Cc1ccc(C2(CCOS(C)(=O)=O)CCCNC(C(=O)Cc3cc(C(F)(F)F)cc(C(F)(F)F)c3)C2)cc1. The number of rotatable bonds is 8. The van der Waals surface area contributed by atoms with Gasteiger partial charge in [0, 0.05) is 6.42 Å². The number of Topliss-reactive ketones (excluding diaryl/α,β-unsaturated/α-hetero) is 1. The lowest BCUT2D eigenvalue weighted by molar-refractivity contribution is -0.143. The summed E-state index contributed by atoms with van der Waals surface area (Å²) >= 11 is 0. The average Bonchev–Trinajstić information content (AvgIpc) is 3.01. The third kappa shape index (κ3) is 8.03. The number of benzene rings is 2. The molecule has 1 N–H and O–H groups in total. The van der Waals surface area contributed by atoms with Crippen LogP contribution in [0.1, 0.15) is 53.5 Å². The predicted octanol–water partition coefficient (Wildman–Crippen LogP) is 5.59. The number of carbonyl (C=O) groups is 1. The van der Waals surface area contributed by atoms with Gasteiger partial charge in [0.2, 0.25) is 0 Å². The molecule has 0 saturated carbocycles. The summed E-state index contributed by atoms with van der Waals surface area (Å²) in [6, 6.07) is 7.81. The zero-order valence-electron chi connectivity index (χ0n) is 20.9. The molecule has 1 heterocycles. The summed E-state index contributed by atoms with van der Waals surface area (Å²) in [5, 5.41) is 3.08. The highest BCUT2D eigenvalue weighted by atomic mass is 32.2. The molecule has 1 fully saturated rings. The van der Waals surface area contributed by atoms with Crippen LogP contribution in [0.4, 0.5) is 26.3 Å². The Morgan fingerprint density at radius 3 is 2.13 bits per heavy atom. The Labute approximate surface area is 217 Å². The Kier molecular flexibility index (Phi) is 8.99. The minimum absolute atomic E-state index is 0.0298. The lowest BCUT2D eigenvalue weighted by Crippen LogP contribution is -2.42. The van der Waals surface area contributed by atoms with Crippen molar-refractivity contribution in [2.24, 2.45) is 0 Å². The highest BCUT2D eigenvalue weighted by molar-refractivity contribution is 7.85. The van der Waals surface area contributed by atoms with Crippen LogP contribution in [0.3, 0.4) is 0 Å². The molecule has 2 aromatic carbocycles. The molecule has 38 heavy (non-hydrogen) atoms. The Bertz CT molecular complexity index is 1210. The molecule has 0 radical (unpaired) electrons. The standard InChI is InChI=1S/C26H29F6NO4S/c1-17-4-6-19(7-5-17)24(9-11-37-38(2,35)36)8-3-10-33-22(16-24)23(34)14-18-12-20(25(27,28)29)15-21(13-18)26(30,31)32/h4-7,12-13,15,22,33H,3,8-11,14,16H2,1-2H3. The number of aryl methyl sites for hydroxylation is 1. The molecule has 0 aromatic heterocycles.